The summed E-state index contributed by atoms with van der Waals surface area (Å²) in [6.07, 6.45) is 4.08. The number of halogens is 2. The van der Waals surface area contributed by atoms with Crippen LogP contribution in [0.1, 0.15) is 47.0 Å². The van der Waals surface area contributed by atoms with Crippen LogP contribution in [0.4, 0.5) is 0 Å². The quantitative estimate of drug-likeness (QED) is 0.550. The molecule has 0 spiro atoms. The van der Waals surface area contributed by atoms with Gasteiger partial charge in [0.15, 0.2) is 0 Å². The Kier molecular flexibility index (Phi) is 32.4. The van der Waals surface area contributed by atoms with E-state index in [1.54, 1.807) is 6.92 Å². The van der Waals surface area contributed by atoms with E-state index >= 15 is 0 Å². The zero-order valence-corrected chi connectivity index (χ0v) is 11.1. The smallest absolute Gasteiger partial charge is 0.302 e. The van der Waals surface area contributed by atoms with E-state index in [2.05, 4.69) is 18.6 Å². The van der Waals surface area contributed by atoms with Crippen LogP contribution < -0.4 is 0 Å². The zero-order chi connectivity index (χ0) is 11.8. The van der Waals surface area contributed by atoms with Crippen molar-refractivity contribution in [2.75, 3.05) is 11.9 Å². The normalized spacial score (nSPS) is 7.57. The molecule has 0 amide bonds. The van der Waals surface area contributed by atoms with Gasteiger partial charge in [-0.25, -0.2) is 0 Å². The zero-order valence-electron chi connectivity index (χ0n) is 9.61. The third kappa shape index (κ3) is 57.7. The van der Waals surface area contributed by atoms with Crippen molar-refractivity contribution < 1.29 is 9.53 Å². The molecule has 0 unspecified atom stereocenters. The molecule has 0 radical (unpaired) electrons. The fraction of sp³-hybridized carbons (Fsp3) is 0.900. The lowest BCUT2D eigenvalue weighted by molar-refractivity contribution is -0.140. The Hall–Kier alpha value is 0.0500. The molecular weight excluding hydrogens is 223 g/mol. The molecule has 0 aromatic heterocycles. The monoisotopic (exact) mass is 244 g/mol. The molecule has 88 valence electrons. The minimum Gasteiger partial charge on any atom is -0.466 e. The van der Waals surface area contributed by atoms with Crippen molar-refractivity contribution in [3.63, 3.8) is 0 Å². The topological polar surface area (TPSA) is 26.3 Å². The second-order valence-electron chi connectivity index (χ2n) is 2.38. The highest BCUT2D eigenvalue weighted by atomic mass is 35.5. The predicted molar refractivity (Wildman–Crippen MR) is 64.1 cm³/mol. The van der Waals surface area contributed by atoms with Crippen molar-refractivity contribution in [1.29, 1.82) is 0 Å². The molecule has 0 saturated heterocycles. The molecule has 0 aliphatic rings. The predicted octanol–water partition coefficient (Wildman–Crippen LogP) is 4.19. The minimum atomic E-state index is -0.211. The summed E-state index contributed by atoms with van der Waals surface area (Å²) in [6.45, 7) is 8.08. The molecule has 0 bridgehead atoms. The van der Waals surface area contributed by atoms with Gasteiger partial charge >= 0.3 is 5.97 Å². The number of unbranched alkanes of at least 4 members (excludes halogenated alkanes) is 2. The van der Waals surface area contributed by atoms with Crippen LogP contribution in [0.3, 0.4) is 0 Å². The molecule has 14 heavy (non-hydrogen) atoms. The highest BCUT2D eigenvalue weighted by Gasteiger charge is 1.81. The van der Waals surface area contributed by atoms with Crippen LogP contribution in [0.2, 0.25) is 0 Å². The van der Waals surface area contributed by atoms with E-state index in [0.29, 0.717) is 6.61 Å². The lowest BCUT2D eigenvalue weighted by atomic mass is 10.3. The standard InChI is InChI=1S/C5H12.C4H8O2.CH2Cl2/c1-3-5-4-2;1-3-6-4(2)5;2-1-3/h3-5H2,1-2H3;3H2,1-2H3;1H2. The van der Waals surface area contributed by atoms with Crippen molar-refractivity contribution in [1.82, 2.24) is 0 Å². The Morgan fingerprint density at radius 1 is 1.14 bits per heavy atom. The third-order valence-electron chi connectivity index (χ3n) is 1.05. The molecule has 0 saturated carbocycles. The van der Waals surface area contributed by atoms with Gasteiger partial charge in [-0.05, 0) is 6.92 Å². The number of hydrogen-bond donors (Lipinski definition) is 0. The molecule has 0 aromatic carbocycles. The maximum atomic E-state index is 9.82. The molecule has 0 aliphatic carbocycles. The Morgan fingerprint density at radius 3 is 1.50 bits per heavy atom. The maximum absolute atomic E-state index is 9.82. The fourth-order valence-electron chi connectivity index (χ4n) is 0.557. The van der Waals surface area contributed by atoms with Gasteiger partial charge < -0.3 is 4.74 Å². The molecule has 0 heterocycles. The number of alkyl halides is 2. The lowest BCUT2D eigenvalue weighted by Gasteiger charge is -1.89. The second kappa shape index (κ2) is 23.1. The van der Waals surface area contributed by atoms with Gasteiger partial charge in [-0.3, -0.25) is 4.79 Å². The molecule has 0 rings (SSSR count). The summed E-state index contributed by atoms with van der Waals surface area (Å²) in [6, 6.07) is 0. The van der Waals surface area contributed by atoms with Crippen molar-refractivity contribution in [2.45, 2.75) is 47.0 Å². The van der Waals surface area contributed by atoms with Crippen LogP contribution in [0, 0.1) is 0 Å². The van der Waals surface area contributed by atoms with Gasteiger partial charge in [-0.1, -0.05) is 33.1 Å². The number of carbonyl (C=O) groups excluding carboxylic acids is 1. The number of hydrogen-bond acceptors (Lipinski definition) is 2. The Bertz CT molecular complexity index is 96.1. The van der Waals surface area contributed by atoms with Crippen molar-refractivity contribution in [2.24, 2.45) is 0 Å². The molecule has 2 nitrogen and oxygen atoms in total. The summed E-state index contributed by atoms with van der Waals surface area (Å²) >= 11 is 9.53. The molecule has 4 heteroatoms. The van der Waals surface area contributed by atoms with Gasteiger partial charge in [-0.2, -0.15) is 0 Å². The van der Waals surface area contributed by atoms with Crippen LogP contribution in [-0.4, -0.2) is 17.9 Å². The largest absolute Gasteiger partial charge is 0.466 e. The fourth-order valence-corrected chi connectivity index (χ4v) is 0.557. The van der Waals surface area contributed by atoms with E-state index in [1.807, 2.05) is 0 Å². The van der Waals surface area contributed by atoms with Crippen LogP contribution in [-0.2, 0) is 9.53 Å². The first-order valence-electron chi connectivity index (χ1n) is 4.85. The first-order valence-corrected chi connectivity index (χ1v) is 5.92. The summed E-state index contributed by atoms with van der Waals surface area (Å²) in [5.41, 5.74) is 0. The van der Waals surface area contributed by atoms with Gasteiger partial charge in [0.2, 0.25) is 0 Å². The van der Waals surface area contributed by atoms with Crippen LogP contribution in [0.25, 0.3) is 0 Å². The van der Waals surface area contributed by atoms with E-state index < -0.39 is 0 Å². The number of esters is 1. The second-order valence-corrected chi connectivity index (χ2v) is 3.19. The lowest BCUT2D eigenvalue weighted by Crippen LogP contribution is -1.95. The molecular formula is C10H22Cl2O2. The highest BCUT2D eigenvalue weighted by Crippen LogP contribution is 1.88. The first kappa shape index (κ1) is 19.6. The number of rotatable bonds is 3. The van der Waals surface area contributed by atoms with Crippen molar-refractivity contribution in [3.05, 3.63) is 0 Å². The Labute approximate surface area is 97.9 Å². The molecule has 0 aliphatic heterocycles. The van der Waals surface area contributed by atoms with Crippen LogP contribution in [0.5, 0.6) is 0 Å². The summed E-state index contributed by atoms with van der Waals surface area (Å²) in [5.74, 6) is -0.211. The Morgan fingerprint density at radius 2 is 1.50 bits per heavy atom. The number of carbonyl (C=O) groups is 1. The summed E-state index contributed by atoms with van der Waals surface area (Å²) in [4.78, 5) is 9.82. The van der Waals surface area contributed by atoms with Gasteiger partial charge in [0, 0.05) is 6.92 Å². The first-order chi connectivity index (χ1) is 6.60. The molecule has 0 aromatic rings. The van der Waals surface area contributed by atoms with Crippen LogP contribution in [0.15, 0.2) is 0 Å². The third-order valence-corrected chi connectivity index (χ3v) is 1.05. The van der Waals surface area contributed by atoms with E-state index in [0.717, 1.165) is 0 Å². The SMILES string of the molecule is CCCCC.CCOC(C)=O.ClCCl. The van der Waals surface area contributed by atoms with E-state index in [9.17, 15) is 4.79 Å². The van der Waals surface area contributed by atoms with E-state index in [1.165, 1.54) is 26.2 Å². The van der Waals surface area contributed by atoms with Gasteiger partial charge in [0.05, 0.1) is 11.9 Å². The van der Waals surface area contributed by atoms with Gasteiger partial charge in [-0.15, -0.1) is 23.2 Å². The average Bonchev–Trinajstić information content (AvgIpc) is 2.07. The number of ether oxygens (including phenoxy) is 1. The van der Waals surface area contributed by atoms with E-state index in [4.69, 9.17) is 23.2 Å². The minimum absolute atomic E-state index is 0.194. The molecule has 0 N–H and O–H groups in total. The summed E-state index contributed by atoms with van der Waals surface area (Å²) < 4.78 is 4.40. The molecule has 0 atom stereocenters. The molecule has 0 fully saturated rings. The van der Waals surface area contributed by atoms with Crippen LogP contribution >= 0.6 is 23.2 Å². The van der Waals surface area contributed by atoms with Gasteiger partial charge in [0.25, 0.3) is 0 Å². The van der Waals surface area contributed by atoms with Gasteiger partial charge in [0.1, 0.15) is 0 Å². The van der Waals surface area contributed by atoms with Crippen molar-refractivity contribution >= 4 is 29.2 Å². The summed E-state index contributed by atoms with van der Waals surface area (Å²) in [5, 5.41) is 0.194. The highest BCUT2D eigenvalue weighted by molar-refractivity contribution is 6.40. The average molecular weight is 245 g/mol. The van der Waals surface area contributed by atoms with Crippen molar-refractivity contribution in [3.8, 4) is 0 Å². The maximum Gasteiger partial charge on any atom is 0.302 e. The van der Waals surface area contributed by atoms with E-state index in [-0.39, 0.29) is 11.3 Å². The summed E-state index contributed by atoms with van der Waals surface area (Å²) in [7, 11) is 0. The Balaban J connectivity index is -0.000000138.